The molecule has 2 rings (SSSR count). The van der Waals surface area contributed by atoms with Crippen LogP contribution in [0.15, 0.2) is 0 Å². The number of rotatable bonds is 4. The van der Waals surface area contributed by atoms with Crippen molar-refractivity contribution in [3.8, 4) is 0 Å². The van der Waals surface area contributed by atoms with Crippen LogP contribution in [-0.2, 0) is 0 Å². The summed E-state index contributed by atoms with van der Waals surface area (Å²) in [4.78, 5) is 5.32. The largest absolute Gasteiger partial charge is 0.301 e. The Hall–Kier alpha value is -0.0800. The van der Waals surface area contributed by atoms with Gasteiger partial charge in [-0.25, -0.2) is 0 Å². The molecule has 0 unspecified atom stereocenters. The van der Waals surface area contributed by atoms with Crippen LogP contribution in [0.4, 0.5) is 0 Å². The molecule has 1 aliphatic carbocycles. The van der Waals surface area contributed by atoms with Crippen molar-refractivity contribution in [2.45, 2.75) is 72.8 Å². The van der Waals surface area contributed by atoms with E-state index in [1.807, 2.05) is 0 Å². The van der Waals surface area contributed by atoms with Crippen molar-refractivity contribution in [1.82, 2.24) is 9.80 Å². The van der Waals surface area contributed by atoms with E-state index in [0.717, 1.165) is 11.8 Å². The molecule has 0 amide bonds. The van der Waals surface area contributed by atoms with Gasteiger partial charge in [0.2, 0.25) is 0 Å². The van der Waals surface area contributed by atoms with Gasteiger partial charge in [-0.15, -0.1) is 0 Å². The predicted octanol–water partition coefficient (Wildman–Crippen LogP) is 4.26. The molecule has 2 nitrogen and oxygen atoms in total. The zero-order valence-corrected chi connectivity index (χ0v) is 15.4. The number of hydrogen-bond acceptors (Lipinski definition) is 2. The van der Waals surface area contributed by atoms with Crippen molar-refractivity contribution in [2.24, 2.45) is 17.3 Å². The third-order valence-electron chi connectivity index (χ3n) is 5.41. The molecule has 2 fully saturated rings. The molecule has 1 aliphatic heterocycles. The summed E-state index contributed by atoms with van der Waals surface area (Å²) in [6.45, 7) is 20.6. The molecule has 0 spiro atoms. The first-order chi connectivity index (χ1) is 9.63. The lowest BCUT2D eigenvalue weighted by Crippen LogP contribution is -2.53. The fraction of sp³-hybridized carbons (Fsp3) is 1.00. The summed E-state index contributed by atoms with van der Waals surface area (Å²) in [6, 6.07) is 0. The monoisotopic (exact) mass is 294 g/mol. The molecule has 1 saturated carbocycles. The molecule has 2 heteroatoms. The first kappa shape index (κ1) is 17.3. The first-order valence-electron chi connectivity index (χ1n) is 9.11. The van der Waals surface area contributed by atoms with Gasteiger partial charge < -0.3 is 4.90 Å². The maximum absolute atomic E-state index is 2.69. The van der Waals surface area contributed by atoms with E-state index in [1.54, 1.807) is 0 Å². The Kier molecular flexibility index (Phi) is 5.41. The second-order valence-electron chi connectivity index (χ2n) is 9.76. The van der Waals surface area contributed by atoms with Gasteiger partial charge in [-0.3, -0.25) is 4.90 Å². The van der Waals surface area contributed by atoms with Crippen molar-refractivity contribution in [3.05, 3.63) is 0 Å². The molecule has 0 atom stereocenters. The van der Waals surface area contributed by atoms with Crippen molar-refractivity contribution >= 4 is 0 Å². The number of nitrogens with zero attached hydrogens (tertiary/aromatic N) is 2. The van der Waals surface area contributed by atoms with Gasteiger partial charge in [-0.1, -0.05) is 20.8 Å². The molecule has 0 bridgehead atoms. The van der Waals surface area contributed by atoms with Gasteiger partial charge in [0.25, 0.3) is 0 Å². The first-order valence-corrected chi connectivity index (χ1v) is 9.11. The highest BCUT2D eigenvalue weighted by Crippen LogP contribution is 2.42. The van der Waals surface area contributed by atoms with Crippen LogP contribution in [0.5, 0.6) is 0 Å². The average Bonchev–Trinajstić information content (AvgIpc) is 2.30. The summed E-state index contributed by atoms with van der Waals surface area (Å²) >= 11 is 0. The minimum Gasteiger partial charge on any atom is -0.301 e. The van der Waals surface area contributed by atoms with E-state index in [0.29, 0.717) is 11.0 Å². The summed E-state index contributed by atoms with van der Waals surface area (Å²) in [5, 5.41) is 0. The summed E-state index contributed by atoms with van der Waals surface area (Å²) < 4.78 is 0. The van der Waals surface area contributed by atoms with E-state index in [9.17, 15) is 0 Å². The Morgan fingerprint density at radius 3 is 1.86 bits per heavy atom. The predicted molar refractivity (Wildman–Crippen MR) is 92.7 cm³/mol. The summed E-state index contributed by atoms with van der Waals surface area (Å²) in [5.41, 5.74) is 0.874. The van der Waals surface area contributed by atoms with Gasteiger partial charge in [0.05, 0.1) is 0 Å². The fourth-order valence-corrected chi connectivity index (χ4v) is 4.15. The second-order valence-corrected chi connectivity index (χ2v) is 9.76. The molecule has 1 heterocycles. The molecular weight excluding hydrogens is 256 g/mol. The highest BCUT2D eigenvalue weighted by atomic mass is 15.3. The normalized spacial score (nSPS) is 29.4. The molecule has 0 radical (unpaired) electrons. The molecule has 0 N–H and O–H groups in total. The standard InChI is InChI=1S/C19H38N2/c1-18(2,3)15-17-13-16(14-17)7-8-20-9-11-21(12-10-20)19(4,5)6/h16-17H,7-15H2,1-6H3. The van der Waals surface area contributed by atoms with Crippen LogP contribution < -0.4 is 0 Å². The van der Waals surface area contributed by atoms with Crippen LogP contribution in [0.1, 0.15) is 67.2 Å². The van der Waals surface area contributed by atoms with Gasteiger partial charge >= 0.3 is 0 Å². The lowest BCUT2D eigenvalue weighted by atomic mass is 9.67. The van der Waals surface area contributed by atoms with Gasteiger partial charge in [-0.05, 0) is 70.3 Å². The third kappa shape index (κ3) is 5.56. The molecule has 0 aromatic carbocycles. The Labute approximate surface area is 133 Å². The van der Waals surface area contributed by atoms with Crippen LogP contribution in [0, 0.1) is 17.3 Å². The molecule has 0 aromatic heterocycles. The Bertz CT molecular complexity index is 309. The zero-order chi connectivity index (χ0) is 15.7. The van der Waals surface area contributed by atoms with E-state index in [4.69, 9.17) is 0 Å². The Morgan fingerprint density at radius 2 is 1.38 bits per heavy atom. The molecule has 124 valence electrons. The highest BCUT2D eigenvalue weighted by Gasteiger charge is 2.32. The average molecular weight is 295 g/mol. The summed E-state index contributed by atoms with van der Waals surface area (Å²) in [6.07, 6.45) is 5.86. The lowest BCUT2D eigenvalue weighted by molar-refractivity contribution is 0.0519. The van der Waals surface area contributed by atoms with Crippen molar-refractivity contribution in [3.63, 3.8) is 0 Å². The fourth-order valence-electron chi connectivity index (χ4n) is 4.15. The Balaban J connectivity index is 1.58. The molecular formula is C19H38N2. The smallest absolute Gasteiger partial charge is 0.0126 e. The minimum absolute atomic E-state index is 0.347. The van der Waals surface area contributed by atoms with Crippen molar-refractivity contribution in [1.29, 1.82) is 0 Å². The van der Waals surface area contributed by atoms with Crippen LogP contribution in [-0.4, -0.2) is 48.1 Å². The molecule has 2 aliphatic rings. The molecule has 0 aromatic rings. The zero-order valence-electron chi connectivity index (χ0n) is 15.4. The maximum Gasteiger partial charge on any atom is 0.0126 e. The van der Waals surface area contributed by atoms with Crippen LogP contribution in [0.2, 0.25) is 0 Å². The SMILES string of the molecule is CC(C)(C)CC1CC(CCN2CCN(C(C)(C)C)CC2)C1. The van der Waals surface area contributed by atoms with E-state index in [2.05, 4.69) is 51.3 Å². The minimum atomic E-state index is 0.347. The van der Waals surface area contributed by atoms with E-state index in [1.165, 1.54) is 58.4 Å². The second kappa shape index (κ2) is 6.58. The van der Waals surface area contributed by atoms with E-state index >= 15 is 0 Å². The molecule has 1 saturated heterocycles. The van der Waals surface area contributed by atoms with E-state index < -0.39 is 0 Å². The number of hydrogen-bond donors (Lipinski definition) is 0. The quantitative estimate of drug-likeness (QED) is 0.764. The van der Waals surface area contributed by atoms with Gasteiger partial charge in [0.15, 0.2) is 0 Å². The summed E-state index contributed by atoms with van der Waals surface area (Å²) in [5.74, 6) is 2.05. The Morgan fingerprint density at radius 1 is 0.810 bits per heavy atom. The van der Waals surface area contributed by atoms with Crippen molar-refractivity contribution < 1.29 is 0 Å². The van der Waals surface area contributed by atoms with Crippen LogP contribution >= 0.6 is 0 Å². The topological polar surface area (TPSA) is 6.48 Å². The van der Waals surface area contributed by atoms with Crippen molar-refractivity contribution in [2.75, 3.05) is 32.7 Å². The molecule has 21 heavy (non-hydrogen) atoms. The van der Waals surface area contributed by atoms with Gasteiger partial charge in [-0.2, -0.15) is 0 Å². The summed E-state index contributed by atoms with van der Waals surface area (Å²) in [7, 11) is 0. The van der Waals surface area contributed by atoms with E-state index in [-0.39, 0.29) is 0 Å². The van der Waals surface area contributed by atoms with Gasteiger partial charge in [0, 0.05) is 31.7 Å². The maximum atomic E-state index is 2.69. The lowest BCUT2D eigenvalue weighted by Gasteiger charge is -2.43. The van der Waals surface area contributed by atoms with Gasteiger partial charge in [0.1, 0.15) is 0 Å². The van der Waals surface area contributed by atoms with Crippen LogP contribution in [0.3, 0.4) is 0 Å². The third-order valence-corrected chi connectivity index (χ3v) is 5.41. The highest BCUT2D eigenvalue weighted by molar-refractivity contribution is 4.85. The number of piperazine rings is 1. The van der Waals surface area contributed by atoms with Crippen LogP contribution in [0.25, 0.3) is 0 Å².